The summed E-state index contributed by atoms with van der Waals surface area (Å²) in [5, 5.41) is 0. The van der Waals surface area contributed by atoms with E-state index in [1.165, 1.54) is 58.5 Å². The molecule has 0 spiro atoms. The molecule has 0 amide bonds. The van der Waals surface area contributed by atoms with Crippen LogP contribution in [0.3, 0.4) is 0 Å². The minimum absolute atomic E-state index is 0.145. The van der Waals surface area contributed by atoms with Crippen LogP contribution in [0.4, 0.5) is 0 Å². The fourth-order valence-corrected chi connectivity index (χ4v) is 7.01. The number of hydrogen-bond donors (Lipinski definition) is 0. The number of nitrogens with zero attached hydrogens (tertiary/aromatic N) is 3. The lowest BCUT2D eigenvalue weighted by Crippen LogP contribution is -2.50. The van der Waals surface area contributed by atoms with Crippen LogP contribution in [0, 0.1) is 0 Å². The lowest BCUT2D eigenvalue weighted by atomic mass is 9.90. The molecule has 2 aromatic rings. The normalized spacial score (nSPS) is 23.6. The van der Waals surface area contributed by atoms with Gasteiger partial charge in [0.1, 0.15) is 5.84 Å². The topological polar surface area (TPSA) is 18.8 Å². The number of piperidine rings is 1. The van der Waals surface area contributed by atoms with Gasteiger partial charge in [0.15, 0.2) is 0 Å². The summed E-state index contributed by atoms with van der Waals surface area (Å²) in [4.78, 5) is 11.1. The van der Waals surface area contributed by atoms with Gasteiger partial charge in [0, 0.05) is 24.7 Å². The summed E-state index contributed by atoms with van der Waals surface area (Å²) in [5.41, 5.74) is 8.55. The van der Waals surface area contributed by atoms with Gasteiger partial charge in [-0.1, -0.05) is 100 Å². The Bertz CT molecular complexity index is 1230. The molecule has 2 heterocycles. The van der Waals surface area contributed by atoms with Gasteiger partial charge in [-0.15, -0.1) is 0 Å². The third-order valence-corrected chi connectivity index (χ3v) is 9.04. The molecule has 3 atom stereocenters. The van der Waals surface area contributed by atoms with E-state index in [9.17, 15) is 0 Å². The van der Waals surface area contributed by atoms with Crippen molar-refractivity contribution in [2.24, 2.45) is 4.99 Å². The van der Waals surface area contributed by atoms with Crippen LogP contribution in [0.5, 0.6) is 0 Å². The van der Waals surface area contributed by atoms with Crippen molar-refractivity contribution >= 4 is 5.84 Å². The lowest BCUT2D eigenvalue weighted by molar-refractivity contribution is 0.130. The number of amidine groups is 1. The molecule has 0 bridgehead atoms. The van der Waals surface area contributed by atoms with Crippen LogP contribution < -0.4 is 0 Å². The van der Waals surface area contributed by atoms with Crippen molar-refractivity contribution < 1.29 is 0 Å². The highest BCUT2D eigenvalue weighted by molar-refractivity contribution is 6.03. The zero-order valence-electron chi connectivity index (χ0n) is 24.6. The van der Waals surface area contributed by atoms with Crippen LogP contribution in [0.15, 0.2) is 83.4 Å². The number of allylic oxidation sites excluding steroid dienone is 4. The molecule has 5 rings (SSSR count). The van der Waals surface area contributed by atoms with Gasteiger partial charge in [0.2, 0.25) is 0 Å². The number of hydrogen-bond acceptors (Lipinski definition) is 3. The van der Waals surface area contributed by atoms with Crippen molar-refractivity contribution in [3.63, 3.8) is 0 Å². The molecule has 0 aromatic heterocycles. The molecular formula is C36H47N3. The molecule has 3 aliphatic rings. The Labute approximate surface area is 237 Å². The van der Waals surface area contributed by atoms with Crippen molar-refractivity contribution in [3.8, 4) is 0 Å². The monoisotopic (exact) mass is 521 g/mol. The van der Waals surface area contributed by atoms with Crippen LogP contribution in [-0.4, -0.2) is 47.4 Å². The van der Waals surface area contributed by atoms with Gasteiger partial charge in [0.25, 0.3) is 0 Å². The molecule has 1 saturated heterocycles. The van der Waals surface area contributed by atoms with E-state index < -0.39 is 0 Å². The van der Waals surface area contributed by atoms with E-state index in [-0.39, 0.29) is 6.04 Å². The molecule has 3 unspecified atom stereocenters. The molecule has 3 heteroatoms. The minimum Gasteiger partial charge on any atom is -0.350 e. The highest BCUT2D eigenvalue weighted by atomic mass is 15.3. The SMILES string of the molecule is CCc1ccccc1C1N=C(c2c(CC)cccc2CC)N(CC)C1CN1CCCCC1C1=CC=CCC=C1. The van der Waals surface area contributed by atoms with E-state index in [0.717, 1.165) is 45.3 Å². The van der Waals surface area contributed by atoms with Crippen LogP contribution in [-0.2, 0) is 19.3 Å². The second kappa shape index (κ2) is 13.0. The molecule has 39 heavy (non-hydrogen) atoms. The molecule has 3 nitrogen and oxygen atoms in total. The summed E-state index contributed by atoms with van der Waals surface area (Å²) >= 11 is 0. The van der Waals surface area contributed by atoms with E-state index in [2.05, 4.69) is 110 Å². The van der Waals surface area contributed by atoms with Gasteiger partial charge < -0.3 is 4.90 Å². The first kappa shape index (κ1) is 27.6. The maximum atomic E-state index is 5.68. The predicted molar refractivity (Wildman–Crippen MR) is 167 cm³/mol. The van der Waals surface area contributed by atoms with Gasteiger partial charge in [-0.05, 0) is 79.8 Å². The first-order valence-corrected chi connectivity index (χ1v) is 15.5. The van der Waals surface area contributed by atoms with Gasteiger partial charge >= 0.3 is 0 Å². The molecule has 206 valence electrons. The highest BCUT2D eigenvalue weighted by Crippen LogP contribution is 2.38. The molecule has 1 fully saturated rings. The van der Waals surface area contributed by atoms with Crippen LogP contribution in [0.1, 0.15) is 87.2 Å². The summed E-state index contributed by atoms with van der Waals surface area (Å²) < 4.78 is 0. The quantitative estimate of drug-likeness (QED) is 0.334. The number of benzene rings is 2. The number of likely N-dealkylation sites (tertiary alicyclic amines) is 1. The third-order valence-electron chi connectivity index (χ3n) is 9.04. The van der Waals surface area contributed by atoms with Crippen LogP contribution in [0.25, 0.3) is 0 Å². The summed E-state index contributed by atoms with van der Waals surface area (Å²) in [6.45, 7) is 12.4. The predicted octanol–water partition coefficient (Wildman–Crippen LogP) is 7.86. The van der Waals surface area contributed by atoms with E-state index in [4.69, 9.17) is 4.99 Å². The van der Waals surface area contributed by atoms with E-state index in [1.807, 2.05) is 0 Å². The standard InChI is InChI=1S/C36H47N3/c1-5-27-18-13-14-23-31(27)35-33(26-38-25-16-15-24-32(38)30-19-11-9-10-12-20-30)39(8-4)36(37-35)34-28(6-2)21-17-22-29(34)7-3/h9,11-14,17-23,32-33,35H,5-8,10,15-16,24-26H2,1-4H3. The minimum atomic E-state index is 0.145. The average molecular weight is 522 g/mol. The Morgan fingerprint density at radius 3 is 2.33 bits per heavy atom. The molecular weight excluding hydrogens is 474 g/mol. The summed E-state index contributed by atoms with van der Waals surface area (Å²) in [6, 6.07) is 16.9. The first-order valence-electron chi connectivity index (χ1n) is 15.5. The summed E-state index contributed by atoms with van der Waals surface area (Å²) in [6.07, 6.45) is 19.5. The van der Waals surface area contributed by atoms with Gasteiger partial charge in [0.05, 0.1) is 12.1 Å². The second-order valence-corrected chi connectivity index (χ2v) is 11.2. The smallest absolute Gasteiger partial charge is 0.132 e. The van der Waals surface area contributed by atoms with Gasteiger partial charge in [-0.2, -0.15) is 0 Å². The summed E-state index contributed by atoms with van der Waals surface area (Å²) in [5.74, 6) is 1.22. The number of aryl methyl sites for hydroxylation is 3. The fraction of sp³-hybridized carbons (Fsp3) is 0.472. The Balaban J connectivity index is 1.58. The van der Waals surface area contributed by atoms with Crippen molar-refractivity contribution in [1.82, 2.24) is 9.80 Å². The largest absolute Gasteiger partial charge is 0.350 e. The maximum Gasteiger partial charge on any atom is 0.132 e. The van der Waals surface area contributed by atoms with E-state index >= 15 is 0 Å². The van der Waals surface area contributed by atoms with Crippen LogP contribution >= 0.6 is 0 Å². The van der Waals surface area contributed by atoms with Crippen molar-refractivity contribution in [2.75, 3.05) is 19.6 Å². The average Bonchev–Trinajstić information content (AvgIpc) is 3.13. The molecule has 2 aliphatic heterocycles. The van der Waals surface area contributed by atoms with Crippen molar-refractivity contribution in [2.45, 2.75) is 90.8 Å². The number of aliphatic imine (C=N–C) groups is 1. The lowest BCUT2D eigenvalue weighted by Gasteiger charge is -2.41. The maximum absolute atomic E-state index is 5.68. The first-order chi connectivity index (χ1) is 19.2. The molecule has 0 saturated carbocycles. The molecule has 0 N–H and O–H groups in total. The molecule has 2 aromatic carbocycles. The third kappa shape index (κ3) is 5.70. The Kier molecular flexibility index (Phi) is 9.19. The summed E-state index contributed by atoms with van der Waals surface area (Å²) in [7, 11) is 0. The van der Waals surface area contributed by atoms with Crippen LogP contribution in [0.2, 0.25) is 0 Å². The highest BCUT2D eigenvalue weighted by Gasteiger charge is 2.41. The molecule has 1 aliphatic carbocycles. The second-order valence-electron chi connectivity index (χ2n) is 11.2. The zero-order chi connectivity index (χ0) is 27.2. The fourth-order valence-electron chi connectivity index (χ4n) is 7.01. The number of likely N-dealkylation sites (N-methyl/N-ethyl adjacent to an activating group) is 1. The van der Waals surface area contributed by atoms with E-state index in [0.29, 0.717) is 12.1 Å². The van der Waals surface area contributed by atoms with Crippen molar-refractivity contribution in [3.05, 3.63) is 106 Å². The Morgan fingerprint density at radius 2 is 1.59 bits per heavy atom. The number of rotatable bonds is 9. The Hall–Kier alpha value is -2.91. The van der Waals surface area contributed by atoms with Gasteiger partial charge in [-0.25, -0.2) is 0 Å². The van der Waals surface area contributed by atoms with Gasteiger partial charge in [-0.3, -0.25) is 9.89 Å². The van der Waals surface area contributed by atoms with Crippen molar-refractivity contribution in [1.29, 1.82) is 0 Å². The zero-order valence-corrected chi connectivity index (χ0v) is 24.6. The molecule has 0 radical (unpaired) electrons. The Morgan fingerprint density at radius 1 is 0.846 bits per heavy atom. The van der Waals surface area contributed by atoms with E-state index in [1.54, 1.807) is 0 Å².